The number of nitrogens with one attached hydrogen (secondary N) is 1. The average Bonchev–Trinajstić information content (AvgIpc) is 2.54. The molecule has 1 saturated carbocycles. The van der Waals surface area contributed by atoms with E-state index in [1.807, 2.05) is 0 Å². The zero-order chi connectivity index (χ0) is 15.8. The van der Waals surface area contributed by atoms with E-state index in [9.17, 15) is 10.2 Å². The van der Waals surface area contributed by atoms with Crippen LogP contribution >= 0.6 is 0 Å². The van der Waals surface area contributed by atoms with Gasteiger partial charge in [-0.1, -0.05) is 26.2 Å². The van der Waals surface area contributed by atoms with Crippen molar-refractivity contribution in [1.82, 2.24) is 10.2 Å². The third-order valence-electron chi connectivity index (χ3n) is 5.53. The number of hydrogen-bond acceptors (Lipinski definition) is 4. The van der Waals surface area contributed by atoms with Gasteiger partial charge in [-0.15, -0.1) is 0 Å². The monoisotopic (exact) mass is 312 g/mol. The summed E-state index contributed by atoms with van der Waals surface area (Å²) in [6, 6.07) is 0.524. The zero-order valence-electron chi connectivity index (χ0n) is 14.3. The van der Waals surface area contributed by atoms with Gasteiger partial charge in [0.2, 0.25) is 0 Å². The van der Waals surface area contributed by atoms with E-state index in [1.54, 1.807) is 0 Å². The Hall–Kier alpha value is -0.160. The zero-order valence-corrected chi connectivity index (χ0v) is 14.3. The van der Waals surface area contributed by atoms with Gasteiger partial charge in [0, 0.05) is 25.7 Å². The Kier molecular flexibility index (Phi) is 8.15. The highest BCUT2D eigenvalue weighted by Gasteiger charge is 2.28. The van der Waals surface area contributed by atoms with Gasteiger partial charge in [0.05, 0.1) is 12.7 Å². The number of aliphatic hydroxyl groups excluding tert-OH is 2. The second-order valence-corrected chi connectivity index (χ2v) is 7.49. The molecule has 1 aliphatic carbocycles. The third kappa shape index (κ3) is 6.15. The van der Waals surface area contributed by atoms with Crippen LogP contribution in [0.25, 0.3) is 0 Å². The first-order valence-corrected chi connectivity index (χ1v) is 9.45. The summed E-state index contributed by atoms with van der Waals surface area (Å²) < 4.78 is 0. The normalized spacial score (nSPS) is 29.6. The highest BCUT2D eigenvalue weighted by molar-refractivity contribution is 4.85. The van der Waals surface area contributed by atoms with E-state index < -0.39 is 0 Å². The van der Waals surface area contributed by atoms with Crippen LogP contribution in [0, 0.1) is 11.8 Å². The second-order valence-electron chi connectivity index (χ2n) is 7.49. The molecule has 3 atom stereocenters. The molecule has 2 fully saturated rings. The average molecular weight is 312 g/mol. The van der Waals surface area contributed by atoms with Gasteiger partial charge in [-0.05, 0) is 50.5 Å². The van der Waals surface area contributed by atoms with Gasteiger partial charge in [0.25, 0.3) is 0 Å². The molecular weight excluding hydrogens is 276 g/mol. The fourth-order valence-electron chi connectivity index (χ4n) is 4.22. The molecule has 0 amide bonds. The van der Waals surface area contributed by atoms with Crippen LogP contribution in [0.5, 0.6) is 0 Å². The summed E-state index contributed by atoms with van der Waals surface area (Å²) in [6.45, 7) is 6.28. The van der Waals surface area contributed by atoms with E-state index in [0.717, 1.165) is 44.9 Å². The van der Waals surface area contributed by atoms with Gasteiger partial charge in [0.15, 0.2) is 0 Å². The van der Waals surface area contributed by atoms with Crippen LogP contribution in [0.15, 0.2) is 0 Å². The molecule has 1 aliphatic heterocycles. The van der Waals surface area contributed by atoms with Crippen LogP contribution in [0.4, 0.5) is 0 Å². The molecular formula is C18H36N2O2. The first kappa shape index (κ1) is 18.2. The molecule has 0 radical (unpaired) electrons. The minimum absolute atomic E-state index is 0.168. The second kappa shape index (κ2) is 9.86. The van der Waals surface area contributed by atoms with E-state index in [1.165, 1.54) is 38.5 Å². The molecule has 2 rings (SSSR count). The Morgan fingerprint density at radius 1 is 1.14 bits per heavy atom. The summed E-state index contributed by atoms with van der Waals surface area (Å²) in [5.41, 5.74) is 0. The molecule has 0 aromatic carbocycles. The third-order valence-corrected chi connectivity index (χ3v) is 5.53. The van der Waals surface area contributed by atoms with Crippen LogP contribution in [0.1, 0.15) is 58.3 Å². The molecule has 130 valence electrons. The Morgan fingerprint density at radius 3 is 2.59 bits per heavy atom. The summed E-state index contributed by atoms with van der Waals surface area (Å²) in [5, 5.41) is 23.0. The van der Waals surface area contributed by atoms with Crippen LogP contribution in [-0.4, -0.2) is 60.0 Å². The maximum atomic E-state index is 9.96. The molecule has 0 aromatic rings. The molecule has 0 spiro atoms. The highest BCUT2D eigenvalue weighted by atomic mass is 16.3. The van der Waals surface area contributed by atoms with E-state index in [2.05, 4.69) is 17.1 Å². The van der Waals surface area contributed by atoms with Crippen LogP contribution in [-0.2, 0) is 0 Å². The van der Waals surface area contributed by atoms with Gasteiger partial charge in [-0.25, -0.2) is 0 Å². The first-order chi connectivity index (χ1) is 10.7. The number of hydrogen-bond donors (Lipinski definition) is 3. The van der Waals surface area contributed by atoms with Crippen molar-refractivity contribution in [3.8, 4) is 0 Å². The van der Waals surface area contributed by atoms with Crippen LogP contribution in [0.2, 0.25) is 0 Å². The summed E-state index contributed by atoms with van der Waals surface area (Å²) in [7, 11) is 0. The number of likely N-dealkylation sites (tertiary alicyclic amines) is 1. The smallest absolute Gasteiger partial charge is 0.0558 e. The van der Waals surface area contributed by atoms with Crippen molar-refractivity contribution in [2.45, 2.75) is 70.4 Å². The van der Waals surface area contributed by atoms with Crippen LogP contribution < -0.4 is 5.32 Å². The van der Waals surface area contributed by atoms with Crippen molar-refractivity contribution in [1.29, 1.82) is 0 Å². The number of nitrogens with zero attached hydrogens (tertiary/aromatic N) is 1. The summed E-state index contributed by atoms with van der Waals surface area (Å²) >= 11 is 0. The van der Waals surface area contributed by atoms with Crippen LogP contribution in [0.3, 0.4) is 0 Å². The molecule has 0 bridgehead atoms. The lowest BCUT2D eigenvalue weighted by atomic mass is 9.87. The molecule has 22 heavy (non-hydrogen) atoms. The fourth-order valence-corrected chi connectivity index (χ4v) is 4.22. The molecule has 1 saturated heterocycles. The maximum Gasteiger partial charge on any atom is 0.0558 e. The number of aliphatic hydroxyl groups is 2. The SMILES string of the molecule is CCC(O)CC1CC(NCC2CCCCC2)CN(CCO)C1. The fraction of sp³-hybridized carbons (Fsp3) is 1.00. The molecule has 3 N–H and O–H groups in total. The lowest BCUT2D eigenvalue weighted by Crippen LogP contribution is -2.51. The number of piperidine rings is 1. The van der Waals surface area contributed by atoms with Gasteiger partial charge >= 0.3 is 0 Å². The number of rotatable bonds is 8. The van der Waals surface area contributed by atoms with Crippen molar-refractivity contribution in [3.63, 3.8) is 0 Å². The number of β-amino-alcohol motifs (C(OH)–C–C–N with tert-alkyl or cyclic N) is 1. The Labute approximate surface area is 136 Å². The van der Waals surface area contributed by atoms with Gasteiger partial charge in [-0.2, -0.15) is 0 Å². The molecule has 0 aromatic heterocycles. The summed E-state index contributed by atoms with van der Waals surface area (Å²) in [5.74, 6) is 1.42. The minimum atomic E-state index is -0.168. The van der Waals surface area contributed by atoms with Crippen molar-refractivity contribution in [2.24, 2.45) is 11.8 Å². The molecule has 1 heterocycles. The quantitative estimate of drug-likeness (QED) is 0.642. The van der Waals surface area contributed by atoms with Crippen molar-refractivity contribution in [2.75, 3.05) is 32.8 Å². The lowest BCUT2D eigenvalue weighted by Gasteiger charge is -2.39. The Morgan fingerprint density at radius 2 is 1.91 bits per heavy atom. The Bertz CT molecular complexity index is 295. The maximum absolute atomic E-state index is 9.96. The summed E-state index contributed by atoms with van der Waals surface area (Å²) in [6.07, 6.45) is 9.75. The largest absolute Gasteiger partial charge is 0.395 e. The first-order valence-electron chi connectivity index (χ1n) is 9.45. The Balaban J connectivity index is 1.79. The van der Waals surface area contributed by atoms with Gasteiger partial charge in [-0.3, -0.25) is 4.90 Å². The predicted molar refractivity (Wildman–Crippen MR) is 90.9 cm³/mol. The van der Waals surface area contributed by atoms with Gasteiger partial charge < -0.3 is 15.5 Å². The van der Waals surface area contributed by atoms with E-state index >= 15 is 0 Å². The minimum Gasteiger partial charge on any atom is -0.395 e. The molecule has 4 nitrogen and oxygen atoms in total. The lowest BCUT2D eigenvalue weighted by molar-refractivity contribution is 0.0734. The van der Waals surface area contributed by atoms with Crippen molar-refractivity contribution >= 4 is 0 Å². The standard InChI is InChI=1S/C18H36N2O2/c1-2-18(22)11-16-10-17(14-20(13-16)8-9-21)19-12-15-6-4-3-5-7-15/h15-19,21-22H,2-14H2,1H3. The molecule has 4 heteroatoms. The molecule has 2 aliphatic rings. The highest BCUT2D eigenvalue weighted by Crippen LogP contribution is 2.25. The predicted octanol–water partition coefficient (Wildman–Crippen LogP) is 2.00. The van der Waals surface area contributed by atoms with E-state index in [0.29, 0.717) is 12.0 Å². The van der Waals surface area contributed by atoms with Crippen molar-refractivity contribution < 1.29 is 10.2 Å². The van der Waals surface area contributed by atoms with E-state index in [-0.39, 0.29) is 12.7 Å². The van der Waals surface area contributed by atoms with E-state index in [4.69, 9.17) is 0 Å². The molecule has 3 unspecified atom stereocenters. The van der Waals surface area contributed by atoms with Crippen molar-refractivity contribution in [3.05, 3.63) is 0 Å². The van der Waals surface area contributed by atoms with Gasteiger partial charge in [0.1, 0.15) is 0 Å². The topological polar surface area (TPSA) is 55.7 Å². The summed E-state index contributed by atoms with van der Waals surface area (Å²) in [4.78, 5) is 2.37.